The van der Waals surface area contributed by atoms with Gasteiger partial charge in [-0.3, -0.25) is 9.59 Å². The van der Waals surface area contributed by atoms with Gasteiger partial charge in [0, 0.05) is 17.6 Å². The van der Waals surface area contributed by atoms with Gasteiger partial charge < -0.3 is 15.5 Å². The van der Waals surface area contributed by atoms with Crippen LogP contribution in [0, 0.1) is 0 Å². The van der Waals surface area contributed by atoms with E-state index in [1.807, 2.05) is 47.4 Å². The number of rotatable bonds is 3. The molecule has 2 aromatic rings. The maximum Gasteiger partial charge on any atom is 0.256 e. The standard InChI is InChI=1S/C17H16BrN3O2/c18-13-6-2-1-5-12(13)17(23)20-14-7-3-4-8-15(14)21-10-9-19-16(22)11-21/h1-8H,9-11H2,(H,19,22)(H,20,23). The molecule has 6 heteroatoms. The maximum absolute atomic E-state index is 12.5. The zero-order valence-electron chi connectivity index (χ0n) is 12.4. The van der Waals surface area contributed by atoms with E-state index in [1.54, 1.807) is 6.07 Å². The summed E-state index contributed by atoms with van der Waals surface area (Å²) in [6.45, 7) is 1.61. The molecule has 1 fully saturated rings. The maximum atomic E-state index is 12.5. The van der Waals surface area contributed by atoms with E-state index in [1.165, 1.54) is 0 Å². The highest BCUT2D eigenvalue weighted by Gasteiger charge is 2.20. The van der Waals surface area contributed by atoms with Crippen LogP contribution in [0.1, 0.15) is 10.4 Å². The minimum absolute atomic E-state index is 0.0109. The van der Waals surface area contributed by atoms with Gasteiger partial charge in [-0.15, -0.1) is 0 Å². The summed E-state index contributed by atoms with van der Waals surface area (Å²) in [5.74, 6) is -0.199. The summed E-state index contributed by atoms with van der Waals surface area (Å²) in [6, 6.07) is 14.8. The smallest absolute Gasteiger partial charge is 0.256 e. The van der Waals surface area contributed by atoms with Gasteiger partial charge in [-0.2, -0.15) is 0 Å². The monoisotopic (exact) mass is 373 g/mol. The van der Waals surface area contributed by atoms with Gasteiger partial charge in [0.15, 0.2) is 0 Å². The summed E-state index contributed by atoms with van der Waals surface area (Å²) in [6.07, 6.45) is 0. The lowest BCUT2D eigenvalue weighted by molar-refractivity contribution is -0.120. The van der Waals surface area contributed by atoms with Crippen molar-refractivity contribution in [2.24, 2.45) is 0 Å². The number of para-hydroxylation sites is 2. The Labute approximate surface area is 142 Å². The lowest BCUT2D eigenvalue weighted by atomic mass is 10.2. The number of piperazine rings is 1. The SMILES string of the molecule is O=C1CN(c2ccccc2NC(=O)c2ccccc2Br)CCN1. The van der Waals surface area contributed by atoms with Crippen LogP contribution in [0.5, 0.6) is 0 Å². The Morgan fingerprint density at radius 1 is 1.13 bits per heavy atom. The van der Waals surface area contributed by atoms with Crippen molar-refractivity contribution in [1.82, 2.24) is 5.32 Å². The average Bonchev–Trinajstić information content (AvgIpc) is 2.55. The number of halogens is 1. The molecule has 118 valence electrons. The summed E-state index contributed by atoms with van der Waals surface area (Å²) >= 11 is 3.39. The minimum atomic E-state index is -0.189. The van der Waals surface area contributed by atoms with Crippen LogP contribution >= 0.6 is 15.9 Å². The van der Waals surface area contributed by atoms with Gasteiger partial charge >= 0.3 is 0 Å². The second-order valence-corrected chi connectivity index (χ2v) is 6.08. The molecule has 0 aliphatic carbocycles. The Kier molecular flexibility index (Phi) is 4.62. The Bertz CT molecular complexity index is 748. The van der Waals surface area contributed by atoms with Crippen LogP contribution in [0.25, 0.3) is 0 Å². The Balaban J connectivity index is 1.85. The summed E-state index contributed by atoms with van der Waals surface area (Å²) in [5.41, 5.74) is 2.12. The van der Waals surface area contributed by atoms with Crippen LogP contribution < -0.4 is 15.5 Å². The third-order valence-corrected chi connectivity index (χ3v) is 4.34. The molecule has 2 aromatic carbocycles. The molecule has 0 bridgehead atoms. The second kappa shape index (κ2) is 6.83. The molecule has 1 aliphatic heterocycles. The molecule has 23 heavy (non-hydrogen) atoms. The van der Waals surface area contributed by atoms with E-state index in [9.17, 15) is 9.59 Å². The van der Waals surface area contributed by atoms with Crippen LogP contribution in [0.4, 0.5) is 11.4 Å². The molecule has 1 heterocycles. The zero-order valence-corrected chi connectivity index (χ0v) is 14.0. The number of nitrogens with zero attached hydrogens (tertiary/aromatic N) is 1. The number of nitrogens with one attached hydrogen (secondary N) is 2. The van der Waals surface area contributed by atoms with Gasteiger partial charge in [0.25, 0.3) is 5.91 Å². The van der Waals surface area contributed by atoms with E-state index in [0.29, 0.717) is 30.9 Å². The molecule has 0 spiro atoms. The molecule has 1 saturated heterocycles. The molecule has 5 nitrogen and oxygen atoms in total. The van der Waals surface area contributed by atoms with Gasteiger partial charge in [-0.05, 0) is 40.2 Å². The van der Waals surface area contributed by atoms with E-state index in [-0.39, 0.29) is 11.8 Å². The van der Waals surface area contributed by atoms with Crippen molar-refractivity contribution in [2.45, 2.75) is 0 Å². The Hall–Kier alpha value is -2.34. The predicted molar refractivity (Wildman–Crippen MR) is 93.8 cm³/mol. The molecular formula is C17H16BrN3O2. The van der Waals surface area contributed by atoms with Crippen molar-refractivity contribution in [3.05, 3.63) is 58.6 Å². The highest BCUT2D eigenvalue weighted by Crippen LogP contribution is 2.27. The van der Waals surface area contributed by atoms with E-state index >= 15 is 0 Å². The van der Waals surface area contributed by atoms with Crippen LogP contribution in [0.2, 0.25) is 0 Å². The van der Waals surface area contributed by atoms with E-state index in [4.69, 9.17) is 0 Å². The zero-order chi connectivity index (χ0) is 16.2. The molecule has 0 unspecified atom stereocenters. The first kappa shape index (κ1) is 15.6. The van der Waals surface area contributed by atoms with E-state index in [0.717, 1.165) is 10.2 Å². The molecule has 2 N–H and O–H groups in total. The lowest BCUT2D eigenvalue weighted by Gasteiger charge is -2.30. The van der Waals surface area contributed by atoms with Gasteiger partial charge in [-0.25, -0.2) is 0 Å². The number of carbonyl (C=O) groups is 2. The molecule has 3 rings (SSSR count). The fourth-order valence-corrected chi connectivity index (χ4v) is 3.00. The number of hydrogen-bond donors (Lipinski definition) is 2. The fraction of sp³-hybridized carbons (Fsp3) is 0.176. The molecule has 2 amide bonds. The lowest BCUT2D eigenvalue weighted by Crippen LogP contribution is -2.47. The van der Waals surface area contributed by atoms with Gasteiger partial charge in [-0.1, -0.05) is 24.3 Å². The van der Waals surface area contributed by atoms with Gasteiger partial charge in [0.05, 0.1) is 23.5 Å². The van der Waals surface area contributed by atoms with Crippen molar-refractivity contribution in [3.63, 3.8) is 0 Å². The first-order valence-corrected chi connectivity index (χ1v) is 8.11. The number of benzene rings is 2. The number of carbonyl (C=O) groups excluding carboxylic acids is 2. The highest BCUT2D eigenvalue weighted by atomic mass is 79.9. The molecular weight excluding hydrogens is 358 g/mol. The van der Waals surface area contributed by atoms with Crippen LogP contribution in [-0.4, -0.2) is 31.4 Å². The van der Waals surface area contributed by atoms with Gasteiger partial charge in [0.1, 0.15) is 0 Å². The molecule has 0 atom stereocenters. The molecule has 0 saturated carbocycles. The Morgan fingerprint density at radius 2 is 1.87 bits per heavy atom. The average molecular weight is 374 g/mol. The van der Waals surface area contributed by atoms with Crippen molar-refractivity contribution < 1.29 is 9.59 Å². The molecule has 0 aromatic heterocycles. The largest absolute Gasteiger partial charge is 0.359 e. The first-order valence-electron chi connectivity index (χ1n) is 7.32. The van der Waals surface area contributed by atoms with Crippen LogP contribution in [0.3, 0.4) is 0 Å². The van der Waals surface area contributed by atoms with E-state index in [2.05, 4.69) is 26.6 Å². The summed E-state index contributed by atoms with van der Waals surface area (Å²) in [7, 11) is 0. The minimum Gasteiger partial charge on any atom is -0.359 e. The van der Waals surface area contributed by atoms with Crippen LogP contribution in [0.15, 0.2) is 53.0 Å². The third kappa shape index (κ3) is 3.53. The summed E-state index contributed by atoms with van der Waals surface area (Å²) in [4.78, 5) is 26.1. The number of hydrogen-bond acceptors (Lipinski definition) is 3. The number of anilines is 2. The number of amides is 2. The van der Waals surface area contributed by atoms with E-state index < -0.39 is 0 Å². The third-order valence-electron chi connectivity index (χ3n) is 3.65. The molecule has 1 aliphatic rings. The quantitative estimate of drug-likeness (QED) is 0.869. The van der Waals surface area contributed by atoms with Crippen LogP contribution in [-0.2, 0) is 4.79 Å². The summed E-state index contributed by atoms with van der Waals surface area (Å²) < 4.78 is 0.743. The fourth-order valence-electron chi connectivity index (χ4n) is 2.53. The van der Waals surface area contributed by atoms with Crippen molar-refractivity contribution >= 4 is 39.1 Å². The van der Waals surface area contributed by atoms with Gasteiger partial charge in [0.2, 0.25) is 5.91 Å². The highest BCUT2D eigenvalue weighted by molar-refractivity contribution is 9.10. The van der Waals surface area contributed by atoms with Crippen molar-refractivity contribution in [1.29, 1.82) is 0 Å². The Morgan fingerprint density at radius 3 is 2.65 bits per heavy atom. The topological polar surface area (TPSA) is 61.4 Å². The molecule has 0 radical (unpaired) electrons. The van der Waals surface area contributed by atoms with Crippen molar-refractivity contribution in [2.75, 3.05) is 29.9 Å². The second-order valence-electron chi connectivity index (χ2n) is 5.22. The first-order chi connectivity index (χ1) is 11.1. The summed E-state index contributed by atoms with van der Waals surface area (Å²) in [5, 5.41) is 5.74. The van der Waals surface area contributed by atoms with Crippen molar-refractivity contribution in [3.8, 4) is 0 Å². The normalized spacial score (nSPS) is 14.3. The predicted octanol–water partition coefficient (Wildman–Crippen LogP) is 2.64.